The summed E-state index contributed by atoms with van der Waals surface area (Å²) in [6, 6.07) is 13.0. The number of amides is 1. The largest absolute Gasteiger partial charge is 0.271 e. The Hall–Kier alpha value is -3.27. The molecule has 10 heteroatoms. The van der Waals surface area contributed by atoms with E-state index in [2.05, 4.69) is 10.5 Å². The van der Waals surface area contributed by atoms with Gasteiger partial charge in [0.25, 0.3) is 11.6 Å². The third kappa shape index (κ3) is 5.13. The molecule has 0 fully saturated rings. The van der Waals surface area contributed by atoms with E-state index >= 15 is 0 Å². The molecular formula is C18H20N4O5S. The first-order valence-electron chi connectivity index (χ1n) is 8.24. The Morgan fingerprint density at radius 1 is 1.18 bits per heavy atom. The lowest BCUT2D eigenvalue weighted by Crippen LogP contribution is -2.46. The number of carbonyl (C=O) groups excluding carboxylic acids is 1. The fraction of sp³-hybridized carbons (Fsp3) is 0.222. The molecule has 28 heavy (non-hydrogen) atoms. The van der Waals surface area contributed by atoms with Gasteiger partial charge in [0.15, 0.2) is 0 Å². The first kappa shape index (κ1) is 21.0. The quantitative estimate of drug-likeness (QED) is 0.431. The van der Waals surface area contributed by atoms with Gasteiger partial charge >= 0.3 is 0 Å². The molecular weight excluding hydrogens is 384 g/mol. The molecule has 0 unspecified atom stereocenters. The molecule has 9 nitrogen and oxygen atoms in total. The van der Waals surface area contributed by atoms with Crippen LogP contribution in [0.3, 0.4) is 0 Å². The summed E-state index contributed by atoms with van der Waals surface area (Å²) in [6.07, 6.45) is 1.02. The summed E-state index contributed by atoms with van der Waals surface area (Å²) in [5.74, 6) is -0.640. The highest BCUT2D eigenvalue weighted by atomic mass is 32.2. The van der Waals surface area contributed by atoms with Gasteiger partial charge in [0.2, 0.25) is 10.0 Å². The van der Waals surface area contributed by atoms with Crippen LogP contribution < -0.4 is 9.73 Å². The predicted molar refractivity (Wildman–Crippen MR) is 107 cm³/mol. The Morgan fingerprint density at radius 2 is 1.82 bits per heavy atom. The van der Waals surface area contributed by atoms with E-state index in [1.54, 1.807) is 43.3 Å². The molecule has 2 aromatic rings. The van der Waals surface area contributed by atoms with Gasteiger partial charge in [-0.1, -0.05) is 30.3 Å². The zero-order valence-corrected chi connectivity index (χ0v) is 16.4. The molecule has 0 spiro atoms. The van der Waals surface area contributed by atoms with Crippen LogP contribution in [0.2, 0.25) is 0 Å². The van der Waals surface area contributed by atoms with Crippen LogP contribution in [0.25, 0.3) is 0 Å². The molecule has 0 aliphatic carbocycles. The number of benzene rings is 2. The van der Waals surface area contributed by atoms with Crippen LogP contribution >= 0.6 is 0 Å². The highest BCUT2D eigenvalue weighted by Gasteiger charge is 2.28. The van der Waals surface area contributed by atoms with E-state index in [-0.39, 0.29) is 5.69 Å². The molecule has 1 amide bonds. The number of hydrazone groups is 1. The average Bonchev–Trinajstić information content (AvgIpc) is 2.65. The lowest BCUT2D eigenvalue weighted by molar-refractivity contribution is -0.384. The number of non-ortho nitro benzene ring substituents is 1. The standard InChI is InChI=1S/C18H20N4O5S/c1-13(15-8-7-11-17(12-15)22(24)25)19-20-18(23)14(2)21(28(3,26)27)16-9-5-4-6-10-16/h4-12,14H,1-3H3,(H,20,23)/b19-13-/t14-/m1/s1. The van der Waals surface area contributed by atoms with E-state index in [0.29, 0.717) is 17.0 Å². The average molecular weight is 404 g/mol. The molecule has 2 rings (SSSR count). The van der Waals surface area contributed by atoms with Crippen LogP contribution in [0.15, 0.2) is 59.7 Å². The van der Waals surface area contributed by atoms with E-state index in [9.17, 15) is 23.3 Å². The van der Waals surface area contributed by atoms with Crippen LogP contribution in [-0.4, -0.2) is 37.3 Å². The lowest BCUT2D eigenvalue weighted by atomic mass is 10.1. The number of nitro groups is 1. The van der Waals surface area contributed by atoms with Crippen molar-refractivity contribution in [3.8, 4) is 0 Å². The van der Waals surface area contributed by atoms with Crippen LogP contribution in [0.4, 0.5) is 11.4 Å². The molecule has 0 aliphatic rings. The van der Waals surface area contributed by atoms with E-state index in [0.717, 1.165) is 10.6 Å². The fourth-order valence-electron chi connectivity index (χ4n) is 2.53. The van der Waals surface area contributed by atoms with Crippen LogP contribution in [0.5, 0.6) is 0 Å². The number of sulfonamides is 1. The Bertz CT molecular complexity index is 1010. The molecule has 0 saturated heterocycles. The fourth-order valence-corrected chi connectivity index (χ4v) is 3.70. The minimum absolute atomic E-state index is 0.0981. The third-order valence-corrected chi connectivity index (χ3v) is 5.15. The van der Waals surface area contributed by atoms with Crippen molar-refractivity contribution in [1.82, 2.24) is 5.43 Å². The van der Waals surface area contributed by atoms with Gasteiger partial charge in [0.1, 0.15) is 6.04 Å². The molecule has 1 N–H and O–H groups in total. The zero-order chi connectivity index (χ0) is 20.9. The normalized spacial score (nSPS) is 12.9. The van der Waals surface area contributed by atoms with Crippen molar-refractivity contribution in [2.75, 3.05) is 10.6 Å². The molecule has 0 aromatic heterocycles. The molecule has 0 radical (unpaired) electrons. The van der Waals surface area contributed by atoms with Crippen molar-refractivity contribution in [2.45, 2.75) is 19.9 Å². The van der Waals surface area contributed by atoms with Gasteiger partial charge in [-0.2, -0.15) is 5.10 Å². The summed E-state index contributed by atoms with van der Waals surface area (Å²) in [4.78, 5) is 22.8. The molecule has 2 aromatic carbocycles. The zero-order valence-electron chi connectivity index (χ0n) is 15.6. The van der Waals surface area contributed by atoms with Gasteiger partial charge in [-0.05, 0) is 26.0 Å². The topological polar surface area (TPSA) is 122 Å². The van der Waals surface area contributed by atoms with Gasteiger partial charge in [-0.3, -0.25) is 19.2 Å². The summed E-state index contributed by atoms with van der Waals surface area (Å²) in [5, 5.41) is 14.8. The first-order chi connectivity index (χ1) is 13.1. The van der Waals surface area contributed by atoms with Crippen molar-refractivity contribution < 1.29 is 18.1 Å². The second kappa shape index (κ2) is 8.61. The molecule has 0 aliphatic heterocycles. The molecule has 1 atom stereocenters. The number of nitro benzene ring substituents is 1. The Balaban J connectivity index is 2.21. The maximum absolute atomic E-state index is 12.5. The van der Waals surface area contributed by atoms with E-state index in [1.165, 1.54) is 25.1 Å². The summed E-state index contributed by atoms with van der Waals surface area (Å²) in [7, 11) is -3.72. The number of anilines is 1. The third-order valence-electron chi connectivity index (χ3n) is 3.91. The first-order valence-corrected chi connectivity index (χ1v) is 10.1. The van der Waals surface area contributed by atoms with Crippen molar-refractivity contribution >= 4 is 33.0 Å². The highest BCUT2D eigenvalue weighted by Crippen LogP contribution is 2.20. The maximum Gasteiger partial charge on any atom is 0.270 e. The highest BCUT2D eigenvalue weighted by molar-refractivity contribution is 7.92. The Morgan fingerprint density at radius 3 is 2.39 bits per heavy atom. The number of rotatable bonds is 7. The maximum atomic E-state index is 12.5. The number of nitrogens with one attached hydrogen (secondary N) is 1. The molecule has 0 saturated carbocycles. The second-order valence-electron chi connectivity index (χ2n) is 6.05. The smallest absolute Gasteiger partial charge is 0.270 e. The van der Waals surface area contributed by atoms with Gasteiger partial charge in [-0.25, -0.2) is 13.8 Å². The van der Waals surface area contributed by atoms with Gasteiger partial charge < -0.3 is 0 Å². The number of hydrogen-bond acceptors (Lipinski definition) is 6. The van der Waals surface area contributed by atoms with Gasteiger partial charge in [0, 0.05) is 17.7 Å². The number of carbonyl (C=O) groups is 1. The summed E-state index contributed by atoms with van der Waals surface area (Å²) < 4.78 is 25.4. The summed E-state index contributed by atoms with van der Waals surface area (Å²) in [5.41, 5.74) is 3.39. The molecule has 0 heterocycles. The lowest BCUT2D eigenvalue weighted by Gasteiger charge is -2.27. The Labute approximate surface area is 162 Å². The summed E-state index contributed by atoms with van der Waals surface area (Å²) in [6.45, 7) is 3.02. The minimum atomic E-state index is -3.72. The minimum Gasteiger partial charge on any atom is -0.271 e. The monoisotopic (exact) mass is 404 g/mol. The van der Waals surface area contributed by atoms with Crippen molar-refractivity contribution in [3.05, 3.63) is 70.3 Å². The Kier molecular flexibility index (Phi) is 6.47. The van der Waals surface area contributed by atoms with Gasteiger partial charge in [-0.15, -0.1) is 0 Å². The van der Waals surface area contributed by atoms with Crippen molar-refractivity contribution in [1.29, 1.82) is 0 Å². The molecule has 0 bridgehead atoms. The van der Waals surface area contributed by atoms with Crippen LogP contribution in [-0.2, 0) is 14.8 Å². The van der Waals surface area contributed by atoms with E-state index in [1.807, 2.05) is 0 Å². The van der Waals surface area contributed by atoms with Crippen LogP contribution in [0, 0.1) is 10.1 Å². The van der Waals surface area contributed by atoms with Gasteiger partial charge in [0.05, 0.1) is 22.6 Å². The SMILES string of the molecule is C/C(=N/NC(=O)[C@@H](C)N(c1ccccc1)S(C)(=O)=O)c1cccc([N+](=O)[O-])c1. The number of nitrogens with zero attached hydrogens (tertiary/aromatic N) is 3. The van der Waals surface area contributed by atoms with Crippen molar-refractivity contribution in [2.24, 2.45) is 5.10 Å². The predicted octanol–water partition coefficient (Wildman–Crippen LogP) is 2.29. The van der Waals surface area contributed by atoms with Crippen LogP contribution in [0.1, 0.15) is 19.4 Å². The molecule has 148 valence electrons. The van der Waals surface area contributed by atoms with E-state index in [4.69, 9.17) is 0 Å². The number of hydrogen-bond donors (Lipinski definition) is 1. The summed E-state index contributed by atoms with van der Waals surface area (Å²) >= 11 is 0. The van der Waals surface area contributed by atoms with E-state index < -0.39 is 26.9 Å². The van der Waals surface area contributed by atoms with Crippen molar-refractivity contribution in [3.63, 3.8) is 0 Å². The second-order valence-corrected chi connectivity index (χ2v) is 7.91. The number of para-hydroxylation sites is 1.